The van der Waals surface area contributed by atoms with Gasteiger partial charge >= 0.3 is 5.97 Å². The van der Waals surface area contributed by atoms with Crippen LogP contribution in [0.2, 0.25) is 0 Å². The van der Waals surface area contributed by atoms with E-state index in [-0.39, 0.29) is 19.1 Å². The molecule has 2 aromatic rings. The zero-order valence-corrected chi connectivity index (χ0v) is 16.6. The number of hydrogen-bond donors (Lipinski definition) is 1. The molecule has 0 saturated heterocycles. The highest BCUT2D eigenvalue weighted by Crippen LogP contribution is 2.18. The molecule has 0 aromatic heterocycles. The lowest BCUT2D eigenvalue weighted by molar-refractivity contribution is -0.150. The Morgan fingerprint density at radius 3 is 2.39 bits per heavy atom. The molecule has 0 aliphatic rings. The summed E-state index contributed by atoms with van der Waals surface area (Å²) in [5.74, 6) is 0.777. The fraction of sp³-hybridized carbons (Fsp3) is 0.364. The lowest BCUT2D eigenvalue weighted by Crippen LogP contribution is -2.32. The van der Waals surface area contributed by atoms with Crippen LogP contribution in [0.5, 0.6) is 11.5 Å². The molecule has 0 saturated carbocycles. The molecule has 2 aromatic carbocycles. The minimum atomic E-state index is -0.598. The molecule has 28 heavy (non-hydrogen) atoms. The van der Waals surface area contributed by atoms with Gasteiger partial charge in [-0.1, -0.05) is 38.1 Å². The van der Waals surface area contributed by atoms with Crippen LogP contribution in [-0.4, -0.2) is 38.2 Å². The molecule has 1 amide bonds. The van der Waals surface area contributed by atoms with Crippen molar-refractivity contribution in [2.75, 3.05) is 26.4 Å². The van der Waals surface area contributed by atoms with E-state index in [0.717, 1.165) is 11.3 Å². The highest BCUT2D eigenvalue weighted by atomic mass is 16.6. The third-order valence-electron chi connectivity index (χ3n) is 3.95. The van der Waals surface area contributed by atoms with E-state index in [1.807, 2.05) is 55.5 Å². The Morgan fingerprint density at radius 1 is 0.964 bits per heavy atom. The van der Waals surface area contributed by atoms with E-state index in [0.29, 0.717) is 24.8 Å². The van der Waals surface area contributed by atoms with Gasteiger partial charge in [0.05, 0.1) is 6.54 Å². The molecule has 0 bridgehead atoms. The number of aryl methyl sites for hydroxylation is 1. The summed E-state index contributed by atoms with van der Waals surface area (Å²) in [6.45, 7) is 6.25. The summed E-state index contributed by atoms with van der Waals surface area (Å²) in [4.78, 5) is 23.4. The van der Waals surface area contributed by atoms with Gasteiger partial charge in [0.2, 0.25) is 0 Å². The second-order valence-corrected chi connectivity index (χ2v) is 6.69. The second kappa shape index (κ2) is 11.0. The zero-order valence-electron chi connectivity index (χ0n) is 16.6. The van der Waals surface area contributed by atoms with Gasteiger partial charge in [-0.25, -0.2) is 4.79 Å². The summed E-state index contributed by atoms with van der Waals surface area (Å²) in [6.07, 6.45) is 0. The van der Waals surface area contributed by atoms with Gasteiger partial charge in [0, 0.05) is 0 Å². The van der Waals surface area contributed by atoms with Gasteiger partial charge in [-0.15, -0.1) is 0 Å². The monoisotopic (exact) mass is 385 g/mol. The van der Waals surface area contributed by atoms with Crippen LogP contribution in [0, 0.1) is 6.92 Å². The lowest BCUT2D eigenvalue weighted by Gasteiger charge is -2.10. The molecule has 0 spiro atoms. The van der Waals surface area contributed by atoms with E-state index in [1.54, 1.807) is 0 Å². The summed E-state index contributed by atoms with van der Waals surface area (Å²) in [7, 11) is 0. The molecular formula is C22H27NO5. The van der Waals surface area contributed by atoms with Crippen molar-refractivity contribution >= 4 is 11.9 Å². The highest BCUT2D eigenvalue weighted by Gasteiger charge is 2.09. The molecular weight excluding hydrogens is 358 g/mol. The largest absolute Gasteiger partial charge is 0.492 e. The van der Waals surface area contributed by atoms with Crippen molar-refractivity contribution in [1.82, 2.24) is 5.32 Å². The van der Waals surface area contributed by atoms with Gasteiger partial charge < -0.3 is 19.5 Å². The van der Waals surface area contributed by atoms with Crippen LogP contribution in [0.3, 0.4) is 0 Å². The van der Waals surface area contributed by atoms with Gasteiger partial charge in [0.15, 0.2) is 13.2 Å². The van der Waals surface area contributed by atoms with Crippen LogP contribution in [0.4, 0.5) is 0 Å². The number of amides is 1. The first-order chi connectivity index (χ1) is 13.4. The maximum atomic E-state index is 11.7. The van der Waals surface area contributed by atoms with Crippen LogP contribution in [-0.2, 0) is 14.3 Å². The van der Waals surface area contributed by atoms with Crippen LogP contribution < -0.4 is 14.8 Å². The third-order valence-corrected chi connectivity index (χ3v) is 3.95. The van der Waals surface area contributed by atoms with Crippen LogP contribution >= 0.6 is 0 Å². The Labute approximate surface area is 165 Å². The normalized spacial score (nSPS) is 10.4. The number of benzene rings is 2. The van der Waals surface area contributed by atoms with Crippen molar-refractivity contribution in [3.05, 3.63) is 59.7 Å². The van der Waals surface area contributed by atoms with E-state index in [9.17, 15) is 9.59 Å². The predicted molar refractivity (Wildman–Crippen MR) is 107 cm³/mol. The SMILES string of the molecule is Cc1cccc(OCCNC(=O)COC(=O)COc2ccc(C(C)C)cc2)c1. The van der Waals surface area contributed by atoms with Crippen molar-refractivity contribution in [3.8, 4) is 11.5 Å². The van der Waals surface area contributed by atoms with Gasteiger partial charge in [0.1, 0.15) is 18.1 Å². The number of carbonyl (C=O) groups excluding carboxylic acids is 2. The molecule has 6 nitrogen and oxygen atoms in total. The molecule has 0 fully saturated rings. The molecule has 0 unspecified atom stereocenters. The van der Waals surface area contributed by atoms with Crippen LogP contribution in [0.25, 0.3) is 0 Å². The molecule has 0 heterocycles. The zero-order chi connectivity index (χ0) is 20.4. The Balaban J connectivity index is 1.58. The van der Waals surface area contributed by atoms with Gasteiger partial charge in [-0.2, -0.15) is 0 Å². The van der Waals surface area contributed by atoms with E-state index in [2.05, 4.69) is 19.2 Å². The minimum Gasteiger partial charge on any atom is -0.492 e. The smallest absolute Gasteiger partial charge is 0.344 e. The first kappa shape index (κ1) is 21.3. The Hall–Kier alpha value is -3.02. The number of rotatable bonds is 10. The third kappa shape index (κ3) is 7.70. The van der Waals surface area contributed by atoms with E-state index in [4.69, 9.17) is 14.2 Å². The van der Waals surface area contributed by atoms with Crippen molar-refractivity contribution in [1.29, 1.82) is 0 Å². The van der Waals surface area contributed by atoms with Gasteiger partial charge in [-0.05, 0) is 48.2 Å². The fourth-order valence-corrected chi connectivity index (χ4v) is 2.39. The molecule has 0 atom stereocenters. The Bertz CT molecular complexity index is 771. The molecule has 0 aliphatic heterocycles. The van der Waals surface area contributed by atoms with Gasteiger partial charge in [0.25, 0.3) is 5.91 Å². The topological polar surface area (TPSA) is 73.9 Å². The number of carbonyl (C=O) groups is 2. The summed E-state index contributed by atoms with van der Waals surface area (Å²) >= 11 is 0. The molecule has 0 aliphatic carbocycles. The predicted octanol–water partition coefficient (Wildman–Crippen LogP) is 3.24. The molecule has 0 radical (unpaired) electrons. The maximum Gasteiger partial charge on any atom is 0.344 e. The van der Waals surface area contributed by atoms with Gasteiger partial charge in [-0.3, -0.25) is 4.79 Å². The first-order valence-electron chi connectivity index (χ1n) is 9.28. The lowest BCUT2D eigenvalue weighted by atomic mass is 10.0. The van der Waals surface area contributed by atoms with Crippen LogP contribution in [0.1, 0.15) is 30.9 Å². The minimum absolute atomic E-state index is 0.245. The van der Waals surface area contributed by atoms with Crippen molar-refractivity contribution < 1.29 is 23.8 Å². The van der Waals surface area contributed by atoms with Crippen molar-refractivity contribution in [2.45, 2.75) is 26.7 Å². The van der Waals surface area contributed by atoms with E-state index >= 15 is 0 Å². The second-order valence-electron chi connectivity index (χ2n) is 6.69. The number of ether oxygens (including phenoxy) is 3. The summed E-state index contributed by atoms with van der Waals surface area (Å²) in [5.41, 5.74) is 2.30. The first-order valence-corrected chi connectivity index (χ1v) is 9.28. The van der Waals surface area contributed by atoms with Crippen molar-refractivity contribution in [2.24, 2.45) is 0 Å². The fourth-order valence-electron chi connectivity index (χ4n) is 2.39. The van der Waals surface area contributed by atoms with Crippen molar-refractivity contribution in [3.63, 3.8) is 0 Å². The number of hydrogen-bond acceptors (Lipinski definition) is 5. The summed E-state index contributed by atoms with van der Waals surface area (Å²) in [6, 6.07) is 15.2. The summed E-state index contributed by atoms with van der Waals surface area (Å²) < 4.78 is 15.8. The standard InChI is InChI=1S/C22H27NO5/c1-16(2)18-7-9-19(10-8-18)27-15-22(25)28-14-21(24)23-11-12-26-20-6-4-5-17(3)13-20/h4-10,13,16H,11-12,14-15H2,1-3H3,(H,23,24). The highest BCUT2D eigenvalue weighted by molar-refractivity contribution is 5.80. The number of esters is 1. The molecule has 1 N–H and O–H groups in total. The van der Waals surface area contributed by atoms with E-state index in [1.165, 1.54) is 5.56 Å². The molecule has 6 heteroatoms. The Morgan fingerprint density at radius 2 is 1.71 bits per heavy atom. The quantitative estimate of drug-likeness (QED) is 0.502. The molecule has 2 rings (SSSR count). The average molecular weight is 385 g/mol. The maximum absolute atomic E-state index is 11.7. The average Bonchev–Trinajstić information content (AvgIpc) is 2.68. The number of nitrogens with one attached hydrogen (secondary N) is 1. The van der Waals surface area contributed by atoms with Crippen LogP contribution in [0.15, 0.2) is 48.5 Å². The summed E-state index contributed by atoms with van der Waals surface area (Å²) in [5, 5.41) is 2.63. The molecule has 150 valence electrons. The van der Waals surface area contributed by atoms with E-state index < -0.39 is 5.97 Å². The Kier molecular flexibility index (Phi) is 8.34.